The highest BCUT2D eigenvalue weighted by molar-refractivity contribution is 5.94. The summed E-state index contributed by atoms with van der Waals surface area (Å²) in [5.74, 6) is 0.878. The summed E-state index contributed by atoms with van der Waals surface area (Å²) >= 11 is 0. The number of aromatic nitrogens is 5. The molecule has 2 atom stereocenters. The van der Waals surface area contributed by atoms with Crippen LogP contribution in [0.25, 0.3) is 0 Å². The number of rotatable bonds is 7. The lowest BCUT2D eigenvalue weighted by Gasteiger charge is -2.23. The van der Waals surface area contributed by atoms with Crippen LogP contribution < -0.4 is 0 Å². The Kier molecular flexibility index (Phi) is 5.44. The Morgan fingerprint density at radius 1 is 1.56 bits per heavy atom. The summed E-state index contributed by atoms with van der Waals surface area (Å²) in [5, 5.41) is 11.2. The van der Waals surface area contributed by atoms with Crippen LogP contribution in [-0.2, 0) is 16.0 Å². The molecule has 0 saturated carbocycles. The average molecular weight is 348 g/mol. The smallest absolute Gasteiger partial charge is 0.257 e. The Labute approximate surface area is 146 Å². The number of ether oxygens (including phenoxy) is 2. The number of carbonyl (C=O) groups excluding carboxylic acids is 1. The first-order valence-electron chi connectivity index (χ1n) is 8.35. The molecule has 1 fully saturated rings. The zero-order chi connectivity index (χ0) is 17.8. The van der Waals surface area contributed by atoms with E-state index >= 15 is 0 Å². The van der Waals surface area contributed by atoms with E-state index in [-0.39, 0.29) is 17.9 Å². The maximum Gasteiger partial charge on any atom is 0.257 e. The summed E-state index contributed by atoms with van der Waals surface area (Å²) in [6.07, 6.45) is 4.05. The van der Waals surface area contributed by atoms with Gasteiger partial charge in [0.15, 0.2) is 0 Å². The summed E-state index contributed by atoms with van der Waals surface area (Å²) in [6.45, 7) is 4.17. The molecule has 1 aliphatic heterocycles. The van der Waals surface area contributed by atoms with E-state index < -0.39 is 0 Å². The molecule has 9 nitrogen and oxygen atoms in total. The molecule has 2 aromatic heterocycles. The number of nitrogens with one attached hydrogen (secondary N) is 1. The predicted molar refractivity (Wildman–Crippen MR) is 89.3 cm³/mol. The molecule has 0 aromatic carbocycles. The third-order valence-electron chi connectivity index (χ3n) is 4.50. The van der Waals surface area contributed by atoms with E-state index in [0.717, 1.165) is 12.2 Å². The minimum atomic E-state index is -0.0919. The van der Waals surface area contributed by atoms with Gasteiger partial charge in [0.25, 0.3) is 5.91 Å². The van der Waals surface area contributed by atoms with Crippen molar-refractivity contribution in [3.05, 3.63) is 29.6 Å². The van der Waals surface area contributed by atoms with Gasteiger partial charge in [-0.3, -0.25) is 14.6 Å². The molecule has 0 radical (unpaired) electrons. The van der Waals surface area contributed by atoms with Crippen molar-refractivity contribution in [3.8, 4) is 0 Å². The molecule has 0 spiro atoms. The van der Waals surface area contributed by atoms with Gasteiger partial charge < -0.3 is 14.4 Å². The van der Waals surface area contributed by atoms with Crippen LogP contribution >= 0.6 is 0 Å². The largest absolute Gasteiger partial charge is 0.383 e. The monoisotopic (exact) mass is 348 g/mol. The zero-order valence-electron chi connectivity index (χ0n) is 14.8. The molecule has 1 N–H and O–H groups in total. The number of aromatic amines is 1. The number of hydrogen-bond donors (Lipinski definition) is 1. The van der Waals surface area contributed by atoms with Crippen LogP contribution in [0, 0.1) is 6.92 Å². The van der Waals surface area contributed by atoms with Gasteiger partial charge in [0.1, 0.15) is 12.2 Å². The summed E-state index contributed by atoms with van der Waals surface area (Å²) < 4.78 is 12.6. The van der Waals surface area contributed by atoms with Gasteiger partial charge in [0.2, 0.25) is 0 Å². The first kappa shape index (κ1) is 17.6. The van der Waals surface area contributed by atoms with Crippen molar-refractivity contribution in [2.45, 2.75) is 31.9 Å². The van der Waals surface area contributed by atoms with Gasteiger partial charge in [0, 0.05) is 39.4 Å². The fourth-order valence-electron chi connectivity index (χ4n) is 3.12. The Morgan fingerprint density at radius 3 is 3.12 bits per heavy atom. The van der Waals surface area contributed by atoms with Crippen molar-refractivity contribution in [1.82, 2.24) is 29.9 Å². The lowest BCUT2D eigenvalue weighted by molar-refractivity contribution is 0.0549. The van der Waals surface area contributed by atoms with Crippen LogP contribution in [0.1, 0.15) is 34.2 Å². The van der Waals surface area contributed by atoms with Gasteiger partial charge in [-0.1, -0.05) is 0 Å². The lowest BCUT2D eigenvalue weighted by atomic mass is 10.0. The quantitative estimate of drug-likeness (QED) is 0.787. The standard InChI is InChI=1S/C16H24N6O3/c1-11-13(8-22(20-11)5-7-24-3)16(23)21(2)9-14-12(4-6-25-14)15-17-10-18-19-15/h8,10,12,14H,4-7,9H2,1-3H3,(H,17,18,19)/t12-,14-/m1/s1. The van der Waals surface area contributed by atoms with E-state index in [4.69, 9.17) is 9.47 Å². The number of likely N-dealkylation sites (N-methyl/N-ethyl adjacent to an activating group) is 1. The molecule has 1 saturated heterocycles. The highest BCUT2D eigenvalue weighted by atomic mass is 16.5. The van der Waals surface area contributed by atoms with Crippen molar-refractivity contribution >= 4 is 5.91 Å². The minimum absolute atomic E-state index is 0.0620. The van der Waals surface area contributed by atoms with E-state index in [0.29, 0.717) is 37.6 Å². The molecule has 0 bridgehead atoms. The van der Waals surface area contributed by atoms with Crippen LogP contribution in [0.5, 0.6) is 0 Å². The van der Waals surface area contributed by atoms with E-state index in [9.17, 15) is 4.79 Å². The van der Waals surface area contributed by atoms with Crippen molar-refractivity contribution in [1.29, 1.82) is 0 Å². The van der Waals surface area contributed by atoms with E-state index in [1.807, 2.05) is 6.92 Å². The first-order valence-corrected chi connectivity index (χ1v) is 8.35. The summed E-state index contributed by atoms with van der Waals surface area (Å²) in [7, 11) is 3.43. The van der Waals surface area contributed by atoms with E-state index in [2.05, 4.69) is 20.3 Å². The molecule has 3 rings (SSSR count). The molecular formula is C16H24N6O3. The lowest BCUT2D eigenvalue weighted by Crippen LogP contribution is -2.36. The number of hydrogen-bond acceptors (Lipinski definition) is 6. The van der Waals surface area contributed by atoms with Crippen molar-refractivity contribution < 1.29 is 14.3 Å². The highest BCUT2D eigenvalue weighted by Crippen LogP contribution is 2.29. The predicted octanol–water partition coefficient (Wildman–Crippen LogP) is 0.601. The molecule has 25 heavy (non-hydrogen) atoms. The van der Waals surface area contributed by atoms with Crippen molar-refractivity contribution in [3.63, 3.8) is 0 Å². The van der Waals surface area contributed by atoms with Gasteiger partial charge in [-0.05, 0) is 13.3 Å². The topological polar surface area (TPSA) is 98.2 Å². The van der Waals surface area contributed by atoms with Gasteiger partial charge >= 0.3 is 0 Å². The normalized spacial score (nSPS) is 20.1. The molecule has 136 valence electrons. The molecule has 1 amide bonds. The first-order chi connectivity index (χ1) is 12.1. The van der Waals surface area contributed by atoms with Gasteiger partial charge in [0.05, 0.1) is 30.5 Å². The Balaban J connectivity index is 1.65. The van der Waals surface area contributed by atoms with Crippen molar-refractivity contribution in [2.75, 3.05) is 33.9 Å². The third kappa shape index (κ3) is 3.88. The number of aryl methyl sites for hydroxylation is 1. The van der Waals surface area contributed by atoms with Crippen LogP contribution in [0.2, 0.25) is 0 Å². The highest BCUT2D eigenvalue weighted by Gasteiger charge is 2.33. The molecular weight excluding hydrogens is 324 g/mol. The van der Waals surface area contributed by atoms with Gasteiger partial charge in [-0.2, -0.15) is 10.2 Å². The van der Waals surface area contributed by atoms with Crippen LogP contribution in [0.15, 0.2) is 12.5 Å². The fraction of sp³-hybridized carbons (Fsp3) is 0.625. The molecule has 0 aliphatic carbocycles. The van der Waals surface area contributed by atoms with Gasteiger partial charge in [-0.25, -0.2) is 4.98 Å². The number of amides is 1. The second-order valence-corrected chi connectivity index (χ2v) is 6.24. The average Bonchev–Trinajstić information content (AvgIpc) is 3.32. The van der Waals surface area contributed by atoms with E-state index in [1.165, 1.54) is 6.33 Å². The van der Waals surface area contributed by atoms with E-state index in [1.54, 1.807) is 29.9 Å². The number of H-pyrrole nitrogens is 1. The molecule has 0 unspecified atom stereocenters. The summed E-state index contributed by atoms with van der Waals surface area (Å²) in [5.41, 5.74) is 1.32. The minimum Gasteiger partial charge on any atom is -0.383 e. The van der Waals surface area contributed by atoms with Crippen LogP contribution in [0.4, 0.5) is 0 Å². The summed E-state index contributed by atoms with van der Waals surface area (Å²) in [6, 6.07) is 0. The van der Waals surface area contributed by atoms with Crippen LogP contribution in [0.3, 0.4) is 0 Å². The van der Waals surface area contributed by atoms with Gasteiger partial charge in [-0.15, -0.1) is 0 Å². The Bertz CT molecular complexity index is 699. The second-order valence-electron chi connectivity index (χ2n) is 6.24. The molecule has 1 aliphatic rings. The Morgan fingerprint density at radius 2 is 2.40 bits per heavy atom. The summed E-state index contributed by atoms with van der Waals surface area (Å²) in [4.78, 5) is 18.7. The maximum atomic E-state index is 12.8. The van der Waals surface area contributed by atoms with Crippen molar-refractivity contribution in [2.24, 2.45) is 0 Å². The molecule has 9 heteroatoms. The molecule has 3 heterocycles. The SMILES string of the molecule is COCCn1cc(C(=O)N(C)C[C@H]2OCC[C@H]2c2ncn[nH]2)c(C)n1. The second kappa shape index (κ2) is 7.75. The van der Waals surface area contributed by atoms with Crippen LogP contribution in [-0.4, -0.2) is 75.8 Å². The Hall–Kier alpha value is -2.26. The third-order valence-corrected chi connectivity index (χ3v) is 4.50. The fourth-order valence-corrected chi connectivity index (χ4v) is 3.12. The zero-order valence-corrected chi connectivity index (χ0v) is 14.8. The number of methoxy groups -OCH3 is 1. The maximum absolute atomic E-state index is 12.8. The number of carbonyl (C=O) groups is 1. The molecule has 2 aromatic rings. The number of nitrogens with zero attached hydrogens (tertiary/aromatic N) is 5.